The van der Waals surface area contributed by atoms with Crippen molar-refractivity contribution in [3.05, 3.63) is 235 Å². The van der Waals surface area contributed by atoms with Gasteiger partial charge in [-0.3, -0.25) is 14.4 Å². The fourth-order valence-electron chi connectivity index (χ4n) is 13.5. The zero-order chi connectivity index (χ0) is 91.5. The number of amides is 3. The monoisotopic (exact) mass is 2000 g/mol. The molecule has 5 N–H and O–H groups in total. The van der Waals surface area contributed by atoms with Gasteiger partial charge in [0.05, 0.1) is 93.8 Å². The first-order valence-electron chi connectivity index (χ1n) is 37.4. The van der Waals surface area contributed by atoms with Gasteiger partial charge in [-0.05, 0) is 137 Å². The molecule has 16 rings (SSSR count). The molecule has 3 amide bonds. The molecule has 28 nitrogen and oxygen atoms in total. The maximum absolute atomic E-state index is 14.7. The number of carbonyl (C=O) groups is 4. The number of fused-ring (bicyclic) bond motifs is 7. The van der Waals surface area contributed by atoms with Gasteiger partial charge in [0.25, 0.3) is 17.0 Å². The number of nitrogens with zero attached hydrogens (tertiary/aromatic N) is 15. The lowest BCUT2D eigenvalue weighted by Crippen LogP contribution is -2.42. The molecule has 5 aliphatic rings. The molecule has 5 aliphatic heterocycles. The number of ether oxygens (including phenoxy) is 2. The van der Waals surface area contributed by atoms with Crippen molar-refractivity contribution < 1.29 is 108 Å². The number of carbonyl (C=O) groups excluding carboxylic acids is 3. The van der Waals surface area contributed by atoms with Gasteiger partial charge in [0.15, 0.2) is 0 Å². The van der Waals surface area contributed by atoms with Crippen LogP contribution in [0.25, 0.3) is 21.5 Å². The Labute approximate surface area is 733 Å². The van der Waals surface area contributed by atoms with Crippen LogP contribution >= 0.6 is 60.2 Å². The van der Waals surface area contributed by atoms with E-state index in [-0.39, 0.29) is 126 Å². The van der Waals surface area contributed by atoms with Gasteiger partial charge >= 0.3 is 49.0 Å². The first kappa shape index (κ1) is 97.3. The highest BCUT2D eigenvalue weighted by molar-refractivity contribution is 9.11. The van der Waals surface area contributed by atoms with Gasteiger partial charge in [-0.1, -0.05) is 48.5 Å². The van der Waals surface area contributed by atoms with E-state index in [1.54, 1.807) is 90.1 Å². The molecule has 0 fully saturated rings. The number of hydrogen-bond donors (Lipinski definition) is 5. The van der Waals surface area contributed by atoms with Gasteiger partial charge in [-0.15, -0.1) is 12.4 Å². The van der Waals surface area contributed by atoms with Crippen LogP contribution < -0.4 is 21.8 Å². The standard InChI is InChI=1S/C23H16BrF4N5O2.C16H11FN2O3.C12H15BrF3N3O2.C12H16F3N3O2.C7H7BrF3N3.C7H8F3N3.ClH/c24-19-18-11-32(7-8-33(18)22(29-19)23(26,27)28)21(35)15-9-12(5-6-16(15)25)10-17-13-3-1-2-4-14(13)20(34)31-30-17;17-13-6-5-9(7-12(13)16(21)22)8-14-10-3-1-2-4-11(10)15(20)19-18-14;1-11(2,3)21-10(20)18-4-5-19-7(6-18)8(13)17-9(19)12(14,15)16;1-11(2,3)20-10(19)17-4-5-18-8(7-17)6-16-9(18)12(13,14)15;8-5-4-3-12-1-2-14(4)6(13-5)7(9,10)11;8-7(9,10)6-12-4-5-3-11-1-2-13(5)6;/h1-6,9H,7-8,10-11H2,(H,31,34);1-7H,8H2,(H,19,20)(H,21,22);4-6H2,1-3H3;6H,4-5,7H2,1-3H3;12H,1-3H2;4,11H,1-3H2;1H. The average Bonchev–Trinajstić information content (AvgIpc) is 1.61. The second-order valence-corrected chi connectivity index (χ2v) is 32.4. The second kappa shape index (κ2) is 38.8. The fourth-order valence-corrected chi connectivity index (χ4v) is 15.1. The molecule has 0 aliphatic carbocycles. The third-order valence-corrected chi connectivity index (χ3v) is 21.0. The van der Waals surface area contributed by atoms with Crippen molar-refractivity contribution in [1.82, 2.24) is 93.5 Å². The van der Waals surface area contributed by atoms with E-state index in [0.717, 1.165) is 26.0 Å². The molecule has 0 unspecified atom stereocenters. The van der Waals surface area contributed by atoms with Crippen molar-refractivity contribution in [3.8, 4) is 0 Å². The minimum absolute atomic E-state index is 0. The van der Waals surface area contributed by atoms with Crippen LogP contribution in [-0.4, -0.2) is 156 Å². The largest absolute Gasteiger partial charge is 0.478 e. The Morgan fingerprint density at radius 2 is 0.794 bits per heavy atom. The van der Waals surface area contributed by atoms with Crippen molar-refractivity contribution in [2.45, 2.75) is 162 Å². The van der Waals surface area contributed by atoms with Crippen molar-refractivity contribution in [1.29, 1.82) is 0 Å². The van der Waals surface area contributed by atoms with Crippen molar-refractivity contribution in [2.75, 3.05) is 32.7 Å². The Kier molecular flexibility index (Phi) is 30.0. The number of H-pyrrole nitrogens is 2. The lowest BCUT2D eigenvalue weighted by atomic mass is 10.0. The zero-order valence-corrected chi connectivity index (χ0v) is 72.2. The number of rotatable bonds is 6. The molecule has 7 aromatic heterocycles. The lowest BCUT2D eigenvalue weighted by Gasteiger charge is -2.31. The summed E-state index contributed by atoms with van der Waals surface area (Å²) in [5, 5.41) is 30.2. The van der Waals surface area contributed by atoms with Gasteiger partial charge in [-0.25, -0.2) is 58.3 Å². The number of aromatic amines is 2. The number of nitrogens with one attached hydrogen (secondary N) is 4. The number of carboxylic acids is 1. The number of alkyl halides is 15. The summed E-state index contributed by atoms with van der Waals surface area (Å²) in [5.41, 5.74) is 1.87. The van der Waals surface area contributed by atoms with Gasteiger partial charge in [-0.2, -0.15) is 76.1 Å². The van der Waals surface area contributed by atoms with Crippen LogP contribution in [0.4, 0.5) is 84.2 Å². The van der Waals surface area contributed by atoms with Gasteiger partial charge in [0.2, 0.25) is 29.1 Å². The number of halogens is 21. The number of aromatic nitrogens is 14. The predicted octanol–water partition coefficient (Wildman–Crippen LogP) is 15.9. The molecule has 4 aromatic carbocycles. The van der Waals surface area contributed by atoms with Crippen LogP contribution in [0.5, 0.6) is 0 Å². The molecule has 126 heavy (non-hydrogen) atoms. The average molecular weight is 2010 g/mol. The van der Waals surface area contributed by atoms with E-state index >= 15 is 0 Å². The highest BCUT2D eigenvalue weighted by Gasteiger charge is 2.45. The van der Waals surface area contributed by atoms with Crippen LogP contribution in [0.1, 0.15) is 142 Å². The SMILES string of the molecule is CC(C)(C)OC(=O)N1CCn2c(C(F)(F)F)nc(Br)c2C1.CC(C)(C)OC(=O)N1CCn2c(cnc2C(F)(F)F)C1.Cl.FC(F)(F)c1nc(Br)c2n1CCNC2.FC(F)(F)c1ncc2n1CCNC2.O=C(O)c1cc(Cc2n[nH]c(=O)c3ccccc23)ccc1F.O=C(c1cc(Cc2n[nH]c(=O)c3ccccc23)ccc1F)N1CCn2c(C(F)(F)F)nc(Br)c2C1. The molecule has 0 saturated carbocycles. The first-order chi connectivity index (χ1) is 58.3. The van der Waals surface area contributed by atoms with E-state index in [0.29, 0.717) is 106 Å². The van der Waals surface area contributed by atoms with Crippen LogP contribution in [-0.2, 0) is 119 Å². The lowest BCUT2D eigenvalue weighted by molar-refractivity contribution is -0.148. The Bertz CT molecular complexity index is 5970. The molecular formula is C77H74Br3ClF17N19O9. The van der Waals surface area contributed by atoms with Crippen molar-refractivity contribution >= 4 is 106 Å². The summed E-state index contributed by atoms with van der Waals surface area (Å²) < 4.78 is 235. The highest BCUT2D eigenvalue weighted by atomic mass is 79.9. The van der Waals surface area contributed by atoms with Crippen molar-refractivity contribution in [3.63, 3.8) is 0 Å². The molecule has 11 aromatic rings. The number of aromatic carboxylic acids is 1. The third-order valence-electron chi connectivity index (χ3n) is 19.1. The molecular weight excluding hydrogens is 1930 g/mol. The summed E-state index contributed by atoms with van der Waals surface area (Å²) in [6, 6.07) is 21.9. The molecule has 0 atom stereocenters. The Morgan fingerprint density at radius 1 is 0.437 bits per heavy atom. The molecule has 0 saturated heterocycles. The molecule has 12 heterocycles. The van der Waals surface area contributed by atoms with Crippen LogP contribution in [0.3, 0.4) is 0 Å². The Morgan fingerprint density at radius 3 is 1.23 bits per heavy atom. The van der Waals surface area contributed by atoms with Gasteiger partial charge in [0, 0.05) is 102 Å². The summed E-state index contributed by atoms with van der Waals surface area (Å²) in [6.45, 7) is 13.2. The third kappa shape index (κ3) is 23.5. The summed E-state index contributed by atoms with van der Waals surface area (Å²) in [7, 11) is 0. The number of carboxylic acid groups (broad SMARTS) is 1. The maximum Gasteiger partial charge on any atom is 0.449 e. The summed E-state index contributed by atoms with van der Waals surface area (Å²) in [6.07, 6.45) is -20.5. The fraction of sp³-hybridized carbons (Fsp3) is 0.390. The zero-order valence-electron chi connectivity index (χ0n) is 66.6. The van der Waals surface area contributed by atoms with Crippen LogP contribution in [0.2, 0.25) is 0 Å². The number of hydrogen-bond acceptors (Lipinski definition) is 17. The number of benzene rings is 4. The Hall–Kier alpha value is -10.9. The minimum atomic E-state index is -4.63. The predicted molar refractivity (Wildman–Crippen MR) is 428 cm³/mol. The smallest absolute Gasteiger partial charge is 0.449 e. The normalized spacial score (nSPS) is 14.5. The molecule has 678 valence electrons. The minimum Gasteiger partial charge on any atom is -0.478 e. The van der Waals surface area contributed by atoms with E-state index in [1.807, 2.05) is 0 Å². The number of imidazole rings is 5. The Balaban J connectivity index is 0.000000163. The summed E-state index contributed by atoms with van der Waals surface area (Å²) in [4.78, 5) is 93.1. The molecule has 0 radical (unpaired) electrons. The van der Waals surface area contributed by atoms with E-state index in [2.05, 4.69) is 104 Å². The maximum atomic E-state index is 14.7. The molecule has 0 bridgehead atoms. The van der Waals surface area contributed by atoms with E-state index in [4.69, 9.17) is 14.6 Å². The van der Waals surface area contributed by atoms with E-state index < -0.39 is 107 Å². The molecule has 49 heteroatoms. The quantitative estimate of drug-likeness (QED) is 0.0966. The summed E-state index contributed by atoms with van der Waals surface area (Å²) >= 11 is 9.09. The van der Waals surface area contributed by atoms with Gasteiger partial charge in [0.1, 0.15) is 36.6 Å². The second-order valence-electron chi connectivity index (χ2n) is 30.2. The van der Waals surface area contributed by atoms with Gasteiger partial charge < -0.3 is 62.7 Å². The first-order valence-corrected chi connectivity index (χ1v) is 39.8. The highest BCUT2D eigenvalue weighted by Crippen LogP contribution is 2.39. The van der Waals surface area contributed by atoms with E-state index in [1.165, 1.54) is 60.4 Å². The van der Waals surface area contributed by atoms with Crippen LogP contribution in [0.15, 0.2) is 121 Å². The summed E-state index contributed by atoms with van der Waals surface area (Å²) in [5.74, 6) is -8.01. The van der Waals surface area contributed by atoms with Crippen LogP contribution in [0, 0.1) is 11.6 Å². The van der Waals surface area contributed by atoms with Crippen molar-refractivity contribution in [2.24, 2.45) is 0 Å². The topological polar surface area (TPSA) is 321 Å². The molecule has 0 spiro atoms. The van der Waals surface area contributed by atoms with E-state index in [9.17, 15) is 103 Å².